The summed E-state index contributed by atoms with van der Waals surface area (Å²) in [6.45, 7) is 0. The molecule has 0 saturated carbocycles. The number of hydrogen-bond donors (Lipinski definition) is 0. The molecule has 2 aromatic carbocycles. The quantitative estimate of drug-likeness (QED) is 0.475. The Morgan fingerprint density at radius 2 is 1.04 bits per heavy atom. The minimum atomic E-state index is -4.48. The number of rotatable bonds is 3. The first-order chi connectivity index (χ1) is 12.7. The number of nitrogens with zero attached hydrogens (tertiary/aromatic N) is 2. The zero-order valence-electron chi connectivity index (χ0n) is 13.6. The zero-order valence-corrected chi connectivity index (χ0v) is 13.6. The molecule has 2 nitrogen and oxygen atoms in total. The summed E-state index contributed by atoms with van der Waals surface area (Å²) in [5, 5.41) is 0. The minimum absolute atomic E-state index is 0.335. The van der Waals surface area contributed by atoms with Gasteiger partial charge in [-0.05, 0) is 60.7 Å². The minimum Gasteiger partial charge on any atom is -0.295 e. The number of halogens is 6. The van der Waals surface area contributed by atoms with Crippen molar-refractivity contribution in [1.29, 1.82) is 0 Å². The van der Waals surface area contributed by atoms with Gasteiger partial charge in [0.15, 0.2) is 0 Å². The summed E-state index contributed by atoms with van der Waals surface area (Å²) in [5.74, 6) is 0.358. The van der Waals surface area contributed by atoms with Crippen molar-refractivity contribution in [3.8, 4) is 0 Å². The summed E-state index contributed by atoms with van der Waals surface area (Å²) in [6.07, 6.45) is -7.48. The second kappa shape index (κ2) is 6.94. The lowest BCUT2D eigenvalue weighted by molar-refractivity contribution is -0.138. The lowest BCUT2D eigenvalue weighted by Crippen LogP contribution is -2.13. The van der Waals surface area contributed by atoms with Crippen molar-refractivity contribution in [2.24, 2.45) is 0 Å². The van der Waals surface area contributed by atoms with E-state index in [-0.39, 0.29) is 0 Å². The third kappa shape index (κ3) is 4.21. The van der Waals surface area contributed by atoms with Crippen molar-refractivity contribution in [3.63, 3.8) is 0 Å². The fraction of sp³-hybridized carbons (Fsp3) is 0.105. The maximum atomic E-state index is 12.8. The lowest BCUT2D eigenvalue weighted by Gasteiger charge is -2.24. The van der Waals surface area contributed by atoms with Gasteiger partial charge >= 0.3 is 12.4 Å². The number of benzene rings is 2. The zero-order chi connectivity index (χ0) is 19.7. The van der Waals surface area contributed by atoms with Gasteiger partial charge in [-0.3, -0.25) is 4.90 Å². The molecule has 3 rings (SSSR count). The number of hydrogen-bond acceptors (Lipinski definition) is 2. The Morgan fingerprint density at radius 1 is 0.593 bits per heavy atom. The van der Waals surface area contributed by atoms with E-state index in [2.05, 4.69) is 4.98 Å². The van der Waals surface area contributed by atoms with Gasteiger partial charge in [-0.15, -0.1) is 0 Å². The van der Waals surface area contributed by atoms with Crippen LogP contribution in [0.25, 0.3) is 0 Å². The summed E-state index contributed by atoms with van der Waals surface area (Å²) in [5.41, 5.74) is -0.970. The van der Waals surface area contributed by atoms with E-state index in [1.165, 1.54) is 35.4 Å². The Bertz CT molecular complexity index is 827. The Kier molecular flexibility index (Phi) is 4.82. The van der Waals surface area contributed by atoms with Crippen LogP contribution < -0.4 is 4.90 Å². The van der Waals surface area contributed by atoms with Crippen LogP contribution in [-0.4, -0.2) is 4.98 Å². The smallest absolute Gasteiger partial charge is 0.295 e. The van der Waals surface area contributed by atoms with Crippen molar-refractivity contribution in [3.05, 3.63) is 84.1 Å². The van der Waals surface area contributed by atoms with Crippen molar-refractivity contribution in [2.75, 3.05) is 4.90 Å². The monoisotopic (exact) mass is 382 g/mol. The highest BCUT2D eigenvalue weighted by Gasteiger charge is 2.31. The first kappa shape index (κ1) is 18.8. The number of alkyl halides is 6. The van der Waals surface area contributed by atoms with E-state index < -0.39 is 23.5 Å². The molecule has 1 aromatic heterocycles. The first-order valence-electron chi connectivity index (χ1n) is 7.72. The second-order valence-corrected chi connectivity index (χ2v) is 5.61. The summed E-state index contributed by atoms with van der Waals surface area (Å²) in [6, 6.07) is 13.6. The summed E-state index contributed by atoms with van der Waals surface area (Å²) in [7, 11) is 0. The van der Waals surface area contributed by atoms with E-state index in [9.17, 15) is 26.3 Å². The predicted octanol–water partition coefficient (Wildman–Crippen LogP) is 6.59. The van der Waals surface area contributed by atoms with E-state index in [1.807, 2.05) is 0 Å². The average molecular weight is 382 g/mol. The van der Waals surface area contributed by atoms with Crippen LogP contribution in [0.1, 0.15) is 11.1 Å². The fourth-order valence-electron chi connectivity index (χ4n) is 2.50. The third-order valence-corrected chi connectivity index (χ3v) is 3.78. The Labute approximate surface area is 150 Å². The molecular formula is C19H12F6N2. The molecule has 0 unspecified atom stereocenters. The number of aromatic nitrogens is 1. The molecule has 0 aliphatic carbocycles. The topological polar surface area (TPSA) is 16.1 Å². The van der Waals surface area contributed by atoms with Gasteiger partial charge in [0.25, 0.3) is 0 Å². The molecule has 0 amide bonds. The first-order valence-corrected chi connectivity index (χ1v) is 7.72. The average Bonchev–Trinajstić information content (AvgIpc) is 2.62. The van der Waals surface area contributed by atoms with Gasteiger partial charge in [0, 0.05) is 17.6 Å². The van der Waals surface area contributed by atoms with Crippen molar-refractivity contribution >= 4 is 17.2 Å². The van der Waals surface area contributed by atoms with Crippen LogP contribution in [0.4, 0.5) is 43.5 Å². The van der Waals surface area contributed by atoms with E-state index in [1.54, 1.807) is 18.2 Å². The molecule has 8 heteroatoms. The SMILES string of the molecule is FC(F)(F)c1ccc(N(c2ccc(C(F)(F)F)cc2)c2ccccn2)cc1. The molecule has 0 aliphatic heterocycles. The van der Waals surface area contributed by atoms with E-state index in [0.29, 0.717) is 17.2 Å². The number of anilines is 3. The van der Waals surface area contributed by atoms with Crippen LogP contribution in [0.3, 0.4) is 0 Å². The Hall–Kier alpha value is -3.03. The molecule has 3 aromatic rings. The highest BCUT2D eigenvalue weighted by Crippen LogP contribution is 2.37. The van der Waals surface area contributed by atoms with Crippen molar-refractivity contribution < 1.29 is 26.3 Å². The Morgan fingerprint density at radius 3 is 1.37 bits per heavy atom. The van der Waals surface area contributed by atoms with Crippen LogP contribution in [0, 0.1) is 0 Å². The van der Waals surface area contributed by atoms with Gasteiger partial charge in [0.1, 0.15) is 5.82 Å². The number of pyridine rings is 1. The molecule has 140 valence electrons. The normalized spacial score (nSPS) is 12.1. The molecule has 0 saturated heterocycles. The largest absolute Gasteiger partial charge is 0.416 e. The molecule has 1 heterocycles. The van der Waals surface area contributed by atoms with E-state index in [0.717, 1.165) is 24.3 Å². The summed E-state index contributed by atoms with van der Waals surface area (Å²) in [4.78, 5) is 5.63. The molecule has 0 radical (unpaired) electrons. The highest BCUT2D eigenvalue weighted by atomic mass is 19.4. The van der Waals surface area contributed by atoms with Gasteiger partial charge in [0.2, 0.25) is 0 Å². The van der Waals surface area contributed by atoms with Crippen molar-refractivity contribution in [2.45, 2.75) is 12.4 Å². The fourth-order valence-corrected chi connectivity index (χ4v) is 2.50. The molecule has 0 N–H and O–H groups in total. The standard InChI is InChI=1S/C19H12F6N2/c20-18(21,22)13-4-8-15(9-5-13)27(17-3-1-2-12-26-17)16-10-6-14(7-11-16)19(23,24)25/h1-12H. The van der Waals surface area contributed by atoms with Crippen molar-refractivity contribution in [1.82, 2.24) is 4.98 Å². The second-order valence-electron chi connectivity index (χ2n) is 5.61. The van der Waals surface area contributed by atoms with Crippen LogP contribution in [0.2, 0.25) is 0 Å². The summed E-state index contributed by atoms with van der Waals surface area (Å²) >= 11 is 0. The summed E-state index contributed by atoms with van der Waals surface area (Å²) < 4.78 is 76.7. The maximum Gasteiger partial charge on any atom is 0.416 e. The molecular weight excluding hydrogens is 370 g/mol. The molecule has 27 heavy (non-hydrogen) atoms. The molecule has 0 atom stereocenters. The van der Waals surface area contributed by atoms with Gasteiger partial charge < -0.3 is 0 Å². The molecule has 0 aliphatic rings. The van der Waals surface area contributed by atoms with Gasteiger partial charge in [-0.1, -0.05) is 6.07 Å². The maximum absolute atomic E-state index is 12.8. The lowest BCUT2D eigenvalue weighted by atomic mass is 10.1. The molecule has 0 spiro atoms. The van der Waals surface area contributed by atoms with E-state index >= 15 is 0 Å². The predicted molar refractivity (Wildman–Crippen MR) is 88.9 cm³/mol. The van der Waals surface area contributed by atoms with Crippen LogP contribution >= 0.6 is 0 Å². The third-order valence-electron chi connectivity index (χ3n) is 3.78. The van der Waals surface area contributed by atoms with Crippen LogP contribution in [0.5, 0.6) is 0 Å². The van der Waals surface area contributed by atoms with Gasteiger partial charge in [0.05, 0.1) is 11.1 Å². The highest BCUT2D eigenvalue weighted by molar-refractivity contribution is 5.74. The molecule has 0 bridgehead atoms. The van der Waals surface area contributed by atoms with Crippen LogP contribution in [-0.2, 0) is 12.4 Å². The van der Waals surface area contributed by atoms with Gasteiger partial charge in [-0.2, -0.15) is 26.3 Å². The molecule has 0 fully saturated rings. The Balaban J connectivity index is 2.05. The van der Waals surface area contributed by atoms with E-state index in [4.69, 9.17) is 0 Å². The van der Waals surface area contributed by atoms with Crippen LogP contribution in [0.15, 0.2) is 72.9 Å². The van der Waals surface area contributed by atoms with Gasteiger partial charge in [-0.25, -0.2) is 4.98 Å².